The van der Waals surface area contributed by atoms with Crippen molar-refractivity contribution in [3.05, 3.63) is 57.9 Å². The second-order valence-corrected chi connectivity index (χ2v) is 9.29. The molecule has 2 aromatic carbocycles. The molecule has 0 atom stereocenters. The Labute approximate surface area is 175 Å². The van der Waals surface area contributed by atoms with Crippen molar-refractivity contribution in [1.82, 2.24) is 13.9 Å². The van der Waals surface area contributed by atoms with Crippen LogP contribution in [0.15, 0.2) is 41.3 Å². The minimum atomic E-state index is -3.58. The van der Waals surface area contributed by atoms with Crippen molar-refractivity contribution in [3.8, 4) is 5.75 Å². The molecule has 0 fully saturated rings. The first-order valence-electron chi connectivity index (χ1n) is 9.44. The summed E-state index contributed by atoms with van der Waals surface area (Å²) in [6.07, 6.45) is 0.834. The first-order valence-corrected chi connectivity index (χ1v) is 10.9. The van der Waals surface area contributed by atoms with E-state index < -0.39 is 14.9 Å². The zero-order chi connectivity index (χ0) is 22.1. The smallest absolute Gasteiger partial charge is 0.310 e. The Balaban J connectivity index is 2.01. The zero-order valence-electron chi connectivity index (χ0n) is 17.3. The third kappa shape index (κ3) is 4.14. The van der Waals surface area contributed by atoms with Crippen LogP contribution >= 0.6 is 0 Å². The lowest BCUT2D eigenvalue weighted by Gasteiger charge is -2.11. The van der Waals surface area contributed by atoms with Crippen molar-refractivity contribution in [3.63, 3.8) is 0 Å². The maximum Gasteiger partial charge on any atom is 0.310 e. The molecule has 0 aliphatic heterocycles. The van der Waals surface area contributed by atoms with Crippen molar-refractivity contribution in [2.75, 3.05) is 14.1 Å². The van der Waals surface area contributed by atoms with Crippen LogP contribution in [0.1, 0.15) is 24.7 Å². The molecule has 0 bridgehead atoms. The minimum absolute atomic E-state index is 0.0226. The van der Waals surface area contributed by atoms with E-state index in [1.54, 1.807) is 24.3 Å². The predicted octanol–water partition coefficient (Wildman–Crippen LogP) is 3.49. The van der Waals surface area contributed by atoms with Crippen molar-refractivity contribution in [1.29, 1.82) is 0 Å². The Morgan fingerprint density at radius 1 is 1.20 bits per heavy atom. The molecule has 0 aliphatic carbocycles. The Morgan fingerprint density at radius 2 is 1.93 bits per heavy atom. The van der Waals surface area contributed by atoms with E-state index in [9.17, 15) is 18.5 Å². The quantitative estimate of drug-likeness (QED) is 0.398. The van der Waals surface area contributed by atoms with E-state index in [0.717, 1.165) is 21.8 Å². The van der Waals surface area contributed by atoms with Crippen molar-refractivity contribution in [2.45, 2.75) is 38.3 Å². The van der Waals surface area contributed by atoms with Gasteiger partial charge in [0.05, 0.1) is 20.9 Å². The minimum Gasteiger partial charge on any atom is -0.479 e. The van der Waals surface area contributed by atoms with E-state index in [-0.39, 0.29) is 22.9 Å². The highest BCUT2D eigenvalue weighted by Gasteiger charge is 2.21. The number of nitro benzene ring substituents is 1. The van der Waals surface area contributed by atoms with Gasteiger partial charge in [-0.2, -0.15) is 0 Å². The van der Waals surface area contributed by atoms with Crippen LogP contribution in [-0.2, 0) is 23.2 Å². The maximum absolute atomic E-state index is 12.4. The van der Waals surface area contributed by atoms with Gasteiger partial charge in [0, 0.05) is 26.7 Å². The number of benzene rings is 2. The van der Waals surface area contributed by atoms with Gasteiger partial charge in [-0.05, 0) is 43.2 Å². The molecule has 0 N–H and O–H groups in total. The molecule has 0 saturated carbocycles. The molecular weight excluding hydrogens is 408 g/mol. The monoisotopic (exact) mass is 432 g/mol. The predicted molar refractivity (Wildman–Crippen MR) is 113 cm³/mol. The SMILES string of the molecule is CCCn1c(COc2cc(C)ccc2[N+](=O)[O-])nc2cc(S(=O)(=O)N(C)C)ccc21. The number of hydrogen-bond acceptors (Lipinski definition) is 6. The molecule has 3 aromatic rings. The van der Waals surface area contributed by atoms with Gasteiger partial charge in [0.25, 0.3) is 0 Å². The van der Waals surface area contributed by atoms with Crippen LogP contribution in [0.5, 0.6) is 5.75 Å². The number of rotatable bonds is 8. The molecule has 10 heteroatoms. The maximum atomic E-state index is 12.4. The topological polar surface area (TPSA) is 108 Å². The van der Waals surface area contributed by atoms with E-state index in [1.165, 1.54) is 26.2 Å². The summed E-state index contributed by atoms with van der Waals surface area (Å²) in [4.78, 5) is 15.5. The molecule has 0 aliphatic rings. The van der Waals surface area contributed by atoms with Crippen molar-refractivity contribution in [2.24, 2.45) is 0 Å². The number of nitrogens with zero attached hydrogens (tertiary/aromatic N) is 4. The summed E-state index contributed by atoms with van der Waals surface area (Å²) >= 11 is 0. The van der Waals surface area contributed by atoms with Gasteiger partial charge < -0.3 is 9.30 Å². The fraction of sp³-hybridized carbons (Fsp3) is 0.350. The standard InChI is InChI=1S/C20H24N4O5S/c1-5-10-23-17-9-7-15(30(27,28)22(3)4)12-16(17)21-20(23)13-29-19-11-14(2)6-8-18(19)24(25)26/h6-9,11-12H,5,10,13H2,1-4H3. The highest BCUT2D eigenvalue weighted by molar-refractivity contribution is 7.89. The van der Waals surface area contributed by atoms with Crippen LogP contribution < -0.4 is 4.74 Å². The fourth-order valence-corrected chi connectivity index (χ4v) is 4.07. The van der Waals surface area contributed by atoms with Crippen molar-refractivity contribution >= 4 is 26.7 Å². The van der Waals surface area contributed by atoms with Gasteiger partial charge in [0.2, 0.25) is 10.0 Å². The lowest BCUT2D eigenvalue weighted by atomic mass is 10.2. The highest BCUT2D eigenvalue weighted by Crippen LogP contribution is 2.29. The number of sulfonamides is 1. The molecule has 0 amide bonds. The van der Waals surface area contributed by atoms with Crippen molar-refractivity contribution < 1.29 is 18.1 Å². The van der Waals surface area contributed by atoms with Gasteiger partial charge in [-0.15, -0.1) is 0 Å². The zero-order valence-corrected chi connectivity index (χ0v) is 18.1. The van der Waals surface area contributed by atoms with Gasteiger partial charge in [0.15, 0.2) is 5.75 Å². The summed E-state index contributed by atoms with van der Waals surface area (Å²) < 4.78 is 33.7. The molecular formula is C20H24N4O5S. The largest absolute Gasteiger partial charge is 0.479 e. The summed E-state index contributed by atoms with van der Waals surface area (Å²) in [6.45, 7) is 4.53. The van der Waals surface area contributed by atoms with Crippen LogP contribution in [0.4, 0.5) is 5.69 Å². The molecule has 0 unspecified atom stereocenters. The van der Waals surface area contributed by atoms with E-state index in [1.807, 2.05) is 18.4 Å². The molecule has 1 heterocycles. The summed E-state index contributed by atoms with van der Waals surface area (Å²) in [6, 6.07) is 9.51. The van der Waals surface area contributed by atoms with E-state index in [4.69, 9.17) is 4.74 Å². The van der Waals surface area contributed by atoms with Gasteiger partial charge in [-0.25, -0.2) is 17.7 Å². The Bertz CT molecular complexity index is 1200. The fourth-order valence-electron chi connectivity index (χ4n) is 3.14. The first-order chi connectivity index (χ1) is 14.1. The third-order valence-electron chi connectivity index (χ3n) is 4.69. The Kier molecular flexibility index (Phi) is 6.09. The molecule has 0 radical (unpaired) electrons. The first kappa shape index (κ1) is 21.7. The molecule has 3 rings (SSSR count). The number of imidazole rings is 1. The van der Waals surface area contributed by atoms with Crippen LogP contribution in [0.25, 0.3) is 11.0 Å². The summed E-state index contributed by atoms with van der Waals surface area (Å²) in [5, 5.41) is 11.3. The van der Waals surface area contributed by atoms with E-state index in [2.05, 4.69) is 4.98 Å². The molecule has 1 aromatic heterocycles. The lowest BCUT2D eigenvalue weighted by molar-refractivity contribution is -0.386. The molecule has 0 saturated heterocycles. The summed E-state index contributed by atoms with van der Waals surface area (Å²) in [5.41, 5.74) is 2.05. The normalized spacial score (nSPS) is 11.9. The molecule has 30 heavy (non-hydrogen) atoms. The lowest BCUT2D eigenvalue weighted by Crippen LogP contribution is -2.22. The number of nitro groups is 1. The summed E-state index contributed by atoms with van der Waals surface area (Å²) in [7, 11) is -0.631. The number of hydrogen-bond donors (Lipinski definition) is 0. The van der Waals surface area contributed by atoms with E-state index in [0.29, 0.717) is 17.9 Å². The number of fused-ring (bicyclic) bond motifs is 1. The Morgan fingerprint density at radius 3 is 2.57 bits per heavy atom. The van der Waals surface area contributed by atoms with Gasteiger partial charge >= 0.3 is 5.69 Å². The van der Waals surface area contributed by atoms with Gasteiger partial charge in [-0.1, -0.05) is 13.0 Å². The molecule has 9 nitrogen and oxygen atoms in total. The second-order valence-electron chi connectivity index (χ2n) is 7.13. The number of ether oxygens (including phenoxy) is 1. The summed E-state index contributed by atoms with van der Waals surface area (Å²) in [5.74, 6) is 0.744. The van der Waals surface area contributed by atoms with E-state index >= 15 is 0 Å². The Hall–Kier alpha value is -2.98. The van der Waals surface area contributed by atoms with Crippen LogP contribution in [0.2, 0.25) is 0 Å². The van der Waals surface area contributed by atoms with Crippen LogP contribution in [-0.4, -0.2) is 41.3 Å². The van der Waals surface area contributed by atoms with Crippen LogP contribution in [0, 0.1) is 17.0 Å². The highest BCUT2D eigenvalue weighted by atomic mass is 32.2. The molecule has 160 valence electrons. The number of aromatic nitrogens is 2. The second kappa shape index (κ2) is 8.41. The average molecular weight is 433 g/mol. The van der Waals surface area contributed by atoms with Crippen LogP contribution in [0.3, 0.4) is 0 Å². The average Bonchev–Trinajstić information content (AvgIpc) is 3.03. The number of aryl methyl sites for hydroxylation is 2. The molecule has 0 spiro atoms. The third-order valence-corrected chi connectivity index (χ3v) is 6.50. The van der Waals surface area contributed by atoms with Gasteiger partial charge in [-0.3, -0.25) is 10.1 Å². The van der Waals surface area contributed by atoms with Gasteiger partial charge in [0.1, 0.15) is 12.4 Å².